The molecular weight excluding hydrogens is 324 g/mol. The fourth-order valence-electron chi connectivity index (χ4n) is 2.63. The van der Waals surface area contributed by atoms with E-state index < -0.39 is 5.69 Å². The smallest absolute Gasteiger partial charge is 0.332 e. The Labute approximate surface area is 143 Å². The van der Waals surface area contributed by atoms with Gasteiger partial charge < -0.3 is 14.0 Å². The van der Waals surface area contributed by atoms with E-state index in [0.717, 1.165) is 10.3 Å². The first kappa shape index (κ1) is 16.8. The highest BCUT2D eigenvalue weighted by molar-refractivity contribution is 5.69. The zero-order valence-electron chi connectivity index (χ0n) is 14.4. The summed E-state index contributed by atoms with van der Waals surface area (Å²) in [6, 6.07) is 7.35. The second-order valence-corrected chi connectivity index (χ2v) is 5.57. The second kappa shape index (κ2) is 6.84. The van der Waals surface area contributed by atoms with E-state index in [9.17, 15) is 9.59 Å². The normalized spacial score (nSPS) is 11.0. The van der Waals surface area contributed by atoms with Gasteiger partial charge in [0, 0.05) is 14.1 Å². The van der Waals surface area contributed by atoms with Crippen LogP contribution in [0.3, 0.4) is 0 Å². The molecule has 0 atom stereocenters. The molecule has 0 N–H and O–H groups in total. The van der Waals surface area contributed by atoms with Gasteiger partial charge in [0.05, 0.1) is 19.5 Å². The molecule has 0 aliphatic heterocycles. The van der Waals surface area contributed by atoms with Crippen molar-refractivity contribution in [3.63, 3.8) is 0 Å². The number of aryl methyl sites for hydroxylation is 1. The monoisotopic (exact) mass is 344 g/mol. The molecule has 0 aliphatic carbocycles. The third-order valence-electron chi connectivity index (χ3n) is 3.95. The number of rotatable bonds is 6. The van der Waals surface area contributed by atoms with Gasteiger partial charge in [0.15, 0.2) is 11.2 Å². The molecule has 3 rings (SSSR count). The van der Waals surface area contributed by atoms with Gasteiger partial charge in [0.2, 0.25) is 0 Å². The number of imidazole rings is 1. The summed E-state index contributed by atoms with van der Waals surface area (Å²) >= 11 is 0. The van der Waals surface area contributed by atoms with E-state index in [1.165, 1.54) is 11.6 Å². The van der Waals surface area contributed by atoms with E-state index >= 15 is 0 Å². The van der Waals surface area contributed by atoms with Crippen molar-refractivity contribution in [3.8, 4) is 11.5 Å². The Bertz CT molecular complexity index is 998. The largest absolute Gasteiger partial charge is 0.494 e. The van der Waals surface area contributed by atoms with Crippen molar-refractivity contribution < 1.29 is 9.47 Å². The van der Waals surface area contributed by atoms with Crippen LogP contribution in [-0.4, -0.2) is 31.9 Å². The van der Waals surface area contributed by atoms with E-state index in [0.29, 0.717) is 36.7 Å². The van der Waals surface area contributed by atoms with Crippen LogP contribution in [0.5, 0.6) is 11.5 Å². The summed E-state index contributed by atoms with van der Waals surface area (Å²) in [7, 11) is 3.05. The molecule has 0 bridgehead atoms. The lowest BCUT2D eigenvalue weighted by molar-refractivity contribution is 0.298. The zero-order valence-corrected chi connectivity index (χ0v) is 14.4. The van der Waals surface area contributed by atoms with E-state index in [2.05, 4.69) is 4.98 Å². The molecule has 25 heavy (non-hydrogen) atoms. The molecule has 132 valence electrons. The molecule has 0 unspecified atom stereocenters. The molecule has 0 radical (unpaired) electrons. The maximum atomic E-state index is 12.3. The number of aromatic nitrogens is 4. The molecule has 8 nitrogen and oxygen atoms in total. The fraction of sp³-hybridized carbons (Fsp3) is 0.353. The highest BCUT2D eigenvalue weighted by Gasteiger charge is 2.14. The van der Waals surface area contributed by atoms with Crippen LogP contribution in [0.4, 0.5) is 0 Å². The lowest BCUT2D eigenvalue weighted by Gasteiger charge is -2.09. The first-order valence-corrected chi connectivity index (χ1v) is 7.99. The van der Waals surface area contributed by atoms with Crippen molar-refractivity contribution in [2.45, 2.75) is 13.5 Å². The molecule has 0 fully saturated rings. The van der Waals surface area contributed by atoms with Crippen LogP contribution in [0.1, 0.15) is 6.92 Å². The summed E-state index contributed by atoms with van der Waals surface area (Å²) in [6.45, 7) is 3.36. The van der Waals surface area contributed by atoms with Gasteiger partial charge in [-0.1, -0.05) is 0 Å². The minimum Gasteiger partial charge on any atom is -0.494 e. The third-order valence-corrected chi connectivity index (χ3v) is 3.95. The van der Waals surface area contributed by atoms with E-state index in [-0.39, 0.29) is 5.56 Å². The average Bonchev–Trinajstić information content (AvgIpc) is 3.04. The molecule has 0 aliphatic rings. The summed E-state index contributed by atoms with van der Waals surface area (Å²) in [4.78, 5) is 28.5. The van der Waals surface area contributed by atoms with Crippen LogP contribution in [0.25, 0.3) is 11.2 Å². The fourth-order valence-corrected chi connectivity index (χ4v) is 2.63. The van der Waals surface area contributed by atoms with Crippen LogP contribution >= 0.6 is 0 Å². The predicted octanol–water partition coefficient (Wildman–Crippen LogP) is 0.911. The van der Waals surface area contributed by atoms with Crippen LogP contribution in [0, 0.1) is 0 Å². The van der Waals surface area contributed by atoms with E-state index in [1.54, 1.807) is 17.9 Å². The predicted molar refractivity (Wildman–Crippen MR) is 93.3 cm³/mol. The Hall–Kier alpha value is -3.03. The van der Waals surface area contributed by atoms with Gasteiger partial charge in [-0.2, -0.15) is 0 Å². The standard InChI is InChI=1S/C17H20N4O4/c1-4-24-12-5-7-13(8-6-12)25-10-9-21-11-18-15-14(21)16(22)20(3)17(23)19(15)2/h5-8,11H,4,9-10H2,1-3H3. The Morgan fingerprint density at radius 3 is 2.28 bits per heavy atom. The third kappa shape index (κ3) is 3.15. The highest BCUT2D eigenvalue weighted by atomic mass is 16.5. The Morgan fingerprint density at radius 1 is 1.00 bits per heavy atom. The lowest BCUT2D eigenvalue weighted by Crippen LogP contribution is -2.37. The lowest BCUT2D eigenvalue weighted by atomic mass is 10.3. The van der Waals surface area contributed by atoms with Crippen LogP contribution in [0.2, 0.25) is 0 Å². The number of hydrogen-bond acceptors (Lipinski definition) is 5. The number of fused-ring (bicyclic) bond motifs is 1. The van der Waals surface area contributed by atoms with Crippen molar-refractivity contribution >= 4 is 11.2 Å². The van der Waals surface area contributed by atoms with Crippen molar-refractivity contribution in [1.29, 1.82) is 0 Å². The summed E-state index contributed by atoms with van der Waals surface area (Å²) in [5.74, 6) is 1.51. The Balaban J connectivity index is 1.76. The molecule has 0 amide bonds. The summed E-state index contributed by atoms with van der Waals surface area (Å²) in [5.41, 5.74) is -0.000818. The molecule has 3 aromatic rings. The number of hydrogen-bond donors (Lipinski definition) is 0. The van der Waals surface area contributed by atoms with Gasteiger partial charge in [-0.15, -0.1) is 0 Å². The molecule has 2 aromatic heterocycles. The second-order valence-electron chi connectivity index (χ2n) is 5.57. The molecule has 1 aromatic carbocycles. The van der Waals surface area contributed by atoms with Crippen molar-refractivity contribution in [2.24, 2.45) is 14.1 Å². The van der Waals surface area contributed by atoms with Crippen LogP contribution in [0.15, 0.2) is 40.2 Å². The number of nitrogens with zero attached hydrogens (tertiary/aromatic N) is 4. The summed E-state index contributed by atoms with van der Waals surface area (Å²) in [5, 5.41) is 0. The van der Waals surface area contributed by atoms with Gasteiger partial charge in [-0.25, -0.2) is 9.78 Å². The van der Waals surface area contributed by atoms with E-state index in [1.807, 2.05) is 31.2 Å². The minimum atomic E-state index is -0.395. The van der Waals surface area contributed by atoms with Crippen LogP contribution < -0.4 is 20.7 Å². The van der Waals surface area contributed by atoms with Gasteiger partial charge in [0.1, 0.15) is 18.1 Å². The number of ether oxygens (including phenoxy) is 2. The first-order valence-electron chi connectivity index (χ1n) is 7.99. The topological polar surface area (TPSA) is 80.3 Å². The SMILES string of the molecule is CCOc1ccc(OCCn2cnc3c2c(=O)n(C)c(=O)n3C)cc1. The Kier molecular flexibility index (Phi) is 4.60. The average molecular weight is 344 g/mol. The molecule has 0 saturated carbocycles. The van der Waals surface area contributed by atoms with Gasteiger partial charge in [-0.3, -0.25) is 13.9 Å². The summed E-state index contributed by atoms with van der Waals surface area (Å²) < 4.78 is 15.2. The van der Waals surface area contributed by atoms with Crippen molar-refractivity contribution in [1.82, 2.24) is 18.7 Å². The Morgan fingerprint density at radius 2 is 1.64 bits per heavy atom. The quantitative estimate of drug-likeness (QED) is 0.664. The zero-order chi connectivity index (χ0) is 18.0. The maximum absolute atomic E-state index is 12.3. The van der Waals surface area contributed by atoms with Gasteiger partial charge in [0.25, 0.3) is 5.56 Å². The minimum absolute atomic E-state index is 0.364. The van der Waals surface area contributed by atoms with Gasteiger partial charge >= 0.3 is 5.69 Å². The molecule has 0 spiro atoms. The molecule has 8 heteroatoms. The summed E-state index contributed by atoms with van der Waals surface area (Å²) in [6.07, 6.45) is 1.55. The van der Waals surface area contributed by atoms with Crippen molar-refractivity contribution in [3.05, 3.63) is 51.4 Å². The van der Waals surface area contributed by atoms with Crippen molar-refractivity contribution in [2.75, 3.05) is 13.2 Å². The molecule has 0 saturated heterocycles. The maximum Gasteiger partial charge on any atom is 0.332 e. The first-order chi connectivity index (χ1) is 12.0. The molecule has 2 heterocycles. The molecular formula is C17H20N4O4. The number of benzene rings is 1. The van der Waals surface area contributed by atoms with E-state index in [4.69, 9.17) is 9.47 Å². The van der Waals surface area contributed by atoms with Crippen LogP contribution in [-0.2, 0) is 20.6 Å². The van der Waals surface area contributed by atoms with Gasteiger partial charge in [-0.05, 0) is 31.2 Å². The highest BCUT2D eigenvalue weighted by Crippen LogP contribution is 2.17.